The van der Waals surface area contributed by atoms with Gasteiger partial charge in [-0.15, -0.1) is 0 Å². The Morgan fingerprint density at radius 2 is 1.85 bits per heavy atom. The van der Waals surface area contributed by atoms with E-state index in [1.165, 1.54) is 6.92 Å². The molecule has 9 nitrogen and oxygen atoms in total. The predicted octanol–water partition coefficient (Wildman–Crippen LogP) is -3.70. The molecule has 0 radical (unpaired) electrons. The Labute approximate surface area is 115 Å². The summed E-state index contributed by atoms with van der Waals surface area (Å²) >= 11 is 0. The number of carbonyl (C=O) groups excluding carboxylic acids is 1. The fourth-order valence-corrected chi connectivity index (χ4v) is 1.92. The summed E-state index contributed by atoms with van der Waals surface area (Å²) in [6.45, 7) is -0.338. The minimum Gasteiger partial charge on any atom is -0.394 e. The monoisotopic (exact) mass is 295 g/mol. The molecule has 1 rings (SSSR count). The van der Waals surface area contributed by atoms with E-state index in [4.69, 9.17) is 24.8 Å². The summed E-state index contributed by atoms with van der Waals surface area (Å²) in [7, 11) is 0. The van der Waals surface area contributed by atoms with Crippen molar-refractivity contribution in [2.24, 2.45) is 0 Å². The molecule has 0 aliphatic carbocycles. The predicted molar refractivity (Wildman–Crippen MR) is 64.4 cm³/mol. The number of ether oxygens (including phenoxy) is 2. The molecule has 1 aliphatic rings. The van der Waals surface area contributed by atoms with Crippen molar-refractivity contribution < 1.29 is 39.8 Å². The molecule has 1 fully saturated rings. The second-order valence-corrected chi connectivity index (χ2v) is 4.56. The van der Waals surface area contributed by atoms with Gasteiger partial charge in [-0.1, -0.05) is 0 Å². The van der Waals surface area contributed by atoms with Gasteiger partial charge in [0.05, 0.1) is 19.8 Å². The molecule has 20 heavy (non-hydrogen) atoms. The average Bonchev–Trinajstić information content (AvgIpc) is 2.43. The van der Waals surface area contributed by atoms with Crippen LogP contribution in [0.1, 0.15) is 6.92 Å². The topological polar surface area (TPSA) is 149 Å². The minimum atomic E-state index is -1.42. The van der Waals surface area contributed by atoms with E-state index in [1.807, 2.05) is 0 Å². The summed E-state index contributed by atoms with van der Waals surface area (Å²) in [5.74, 6) is -0.481. The number of carbonyl (C=O) groups is 1. The fourth-order valence-electron chi connectivity index (χ4n) is 1.92. The van der Waals surface area contributed by atoms with Crippen LogP contribution >= 0.6 is 0 Å². The van der Waals surface area contributed by atoms with Gasteiger partial charge in [-0.2, -0.15) is 0 Å². The van der Waals surface area contributed by atoms with Gasteiger partial charge in [0.15, 0.2) is 6.29 Å². The molecule has 0 spiro atoms. The van der Waals surface area contributed by atoms with E-state index in [9.17, 15) is 15.0 Å². The smallest absolute Gasteiger partial charge is 0.217 e. The van der Waals surface area contributed by atoms with Crippen molar-refractivity contribution in [1.29, 1.82) is 0 Å². The van der Waals surface area contributed by atoms with Gasteiger partial charge in [0.25, 0.3) is 0 Å². The first-order valence-electron chi connectivity index (χ1n) is 6.21. The molecule has 0 unspecified atom stereocenters. The number of hydrogen-bond acceptors (Lipinski definition) is 8. The van der Waals surface area contributed by atoms with Crippen molar-refractivity contribution in [1.82, 2.24) is 5.32 Å². The number of amides is 1. The van der Waals surface area contributed by atoms with Crippen LogP contribution in [0.5, 0.6) is 0 Å². The van der Waals surface area contributed by atoms with Gasteiger partial charge in [-0.25, -0.2) is 0 Å². The van der Waals surface area contributed by atoms with Crippen LogP contribution in [0.4, 0.5) is 0 Å². The highest BCUT2D eigenvalue weighted by Gasteiger charge is 2.45. The van der Waals surface area contributed by atoms with Crippen LogP contribution in [0.2, 0.25) is 0 Å². The minimum absolute atomic E-state index is 0.481. The van der Waals surface area contributed by atoms with E-state index in [-0.39, 0.29) is 0 Å². The van der Waals surface area contributed by atoms with Crippen LogP contribution < -0.4 is 5.32 Å². The molecule has 0 saturated carbocycles. The summed E-state index contributed by atoms with van der Waals surface area (Å²) in [6.07, 6.45) is -6.12. The molecular weight excluding hydrogens is 274 g/mol. The standard InChI is InChI=1S/C11H21NO8/c1-5(16)12-8-10(18)9(17)7(4-15)20-11(8)19-6(2-13)3-14/h6-11,13-15,17-18H,2-4H2,1H3,(H,12,16)/t7-,8-,9-,10-,11+/m1/s1. The van der Waals surface area contributed by atoms with Crippen LogP contribution in [0.15, 0.2) is 0 Å². The average molecular weight is 295 g/mol. The van der Waals surface area contributed by atoms with Gasteiger partial charge in [0.1, 0.15) is 30.5 Å². The Morgan fingerprint density at radius 1 is 1.25 bits per heavy atom. The molecule has 6 N–H and O–H groups in total. The number of aliphatic hydroxyl groups excluding tert-OH is 5. The first-order chi connectivity index (χ1) is 9.44. The van der Waals surface area contributed by atoms with Crippen molar-refractivity contribution in [2.45, 2.75) is 43.7 Å². The van der Waals surface area contributed by atoms with Crippen molar-refractivity contribution in [2.75, 3.05) is 19.8 Å². The molecule has 0 aromatic carbocycles. The van der Waals surface area contributed by atoms with E-state index >= 15 is 0 Å². The van der Waals surface area contributed by atoms with Gasteiger partial charge in [0.2, 0.25) is 5.91 Å². The molecular formula is C11H21NO8. The third-order valence-corrected chi connectivity index (χ3v) is 2.98. The molecule has 1 heterocycles. The Bertz CT molecular complexity index is 309. The third-order valence-electron chi connectivity index (χ3n) is 2.98. The summed E-state index contributed by atoms with van der Waals surface area (Å²) in [5.41, 5.74) is 0. The Kier molecular flexibility index (Phi) is 6.76. The van der Waals surface area contributed by atoms with E-state index in [2.05, 4.69) is 5.32 Å². The van der Waals surface area contributed by atoms with Crippen LogP contribution in [0.25, 0.3) is 0 Å². The zero-order valence-electron chi connectivity index (χ0n) is 11.0. The summed E-state index contributed by atoms with van der Waals surface area (Å²) in [5, 5.41) is 49.1. The van der Waals surface area contributed by atoms with Crippen molar-refractivity contribution in [3.8, 4) is 0 Å². The largest absolute Gasteiger partial charge is 0.394 e. The molecule has 0 aromatic heterocycles. The Morgan fingerprint density at radius 3 is 2.30 bits per heavy atom. The maximum absolute atomic E-state index is 11.1. The van der Waals surface area contributed by atoms with Gasteiger partial charge in [-0.3, -0.25) is 4.79 Å². The van der Waals surface area contributed by atoms with E-state index in [1.54, 1.807) is 0 Å². The lowest BCUT2D eigenvalue weighted by Crippen LogP contribution is -2.65. The molecule has 0 bridgehead atoms. The maximum Gasteiger partial charge on any atom is 0.217 e. The molecule has 0 aromatic rings. The quantitative estimate of drug-likeness (QED) is 0.293. The second kappa shape index (κ2) is 7.84. The number of hydrogen-bond donors (Lipinski definition) is 6. The highest BCUT2D eigenvalue weighted by atomic mass is 16.7. The maximum atomic E-state index is 11.1. The summed E-state index contributed by atoms with van der Waals surface area (Å²) in [6, 6.07) is -1.09. The van der Waals surface area contributed by atoms with Crippen molar-refractivity contribution >= 4 is 5.91 Å². The lowest BCUT2D eigenvalue weighted by Gasteiger charge is -2.42. The number of nitrogens with one attached hydrogen (secondary N) is 1. The Balaban J connectivity index is 2.85. The van der Waals surface area contributed by atoms with Gasteiger partial charge >= 0.3 is 0 Å². The number of rotatable bonds is 6. The van der Waals surface area contributed by atoms with Crippen LogP contribution in [-0.2, 0) is 14.3 Å². The first-order valence-corrected chi connectivity index (χ1v) is 6.21. The molecule has 118 valence electrons. The van der Waals surface area contributed by atoms with Gasteiger partial charge < -0.3 is 40.3 Å². The molecule has 1 amide bonds. The second-order valence-electron chi connectivity index (χ2n) is 4.56. The van der Waals surface area contributed by atoms with Crippen LogP contribution in [0.3, 0.4) is 0 Å². The van der Waals surface area contributed by atoms with Crippen molar-refractivity contribution in [3.63, 3.8) is 0 Å². The first kappa shape index (κ1) is 17.2. The molecule has 1 saturated heterocycles. The van der Waals surface area contributed by atoms with E-state index < -0.39 is 62.5 Å². The third kappa shape index (κ3) is 4.09. The van der Waals surface area contributed by atoms with Crippen LogP contribution in [0, 0.1) is 0 Å². The Hall–Kier alpha value is -0.810. The zero-order chi connectivity index (χ0) is 15.3. The normalized spacial score (nSPS) is 34.2. The lowest BCUT2D eigenvalue weighted by atomic mass is 9.97. The van der Waals surface area contributed by atoms with E-state index in [0.717, 1.165) is 0 Å². The number of aliphatic hydroxyl groups is 5. The molecule has 1 aliphatic heterocycles. The van der Waals surface area contributed by atoms with E-state index in [0.29, 0.717) is 0 Å². The van der Waals surface area contributed by atoms with Gasteiger partial charge in [-0.05, 0) is 0 Å². The SMILES string of the molecule is CC(=O)N[C@H]1[C@@H](OC(CO)CO)O[C@H](CO)[C@@H](O)[C@@H]1O. The zero-order valence-corrected chi connectivity index (χ0v) is 11.0. The fraction of sp³-hybridized carbons (Fsp3) is 0.909. The summed E-state index contributed by atoms with van der Waals surface area (Å²) < 4.78 is 10.5. The van der Waals surface area contributed by atoms with Crippen LogP contribution in [-0.4, -0.2) is 88.0 Å². The van der Waals surface area contributed by atoms with Gasteiger partial charge in [0, 0.05) is 6.92 Å². The highest BCUT2D eigenvalue weighted by molar-refractivity contribution is 5.73. The molecule has 5 atom stereocenters. The summed E-state index contributed by atoms with van der Waals surface area (Å²) in [4.78, 5) is 11.1. The lowest BCUT2D eigenvalue weighted by molar-refractivity contribution is -0.286. The van der Waals surface area contributed by atoms with Crippen molar-refractivity contribution in [3.05, 3.63) is 0 Å². The highest BCUT2D eigenvalue weighted by Crippen LogP contribution is 2.23. The molecule has 9 heteroatoms.